The van der Waals surface area contributed by atoms with Gasteiger partial charge in [0.05, 0.1) is 6.42 Å². The van der Waals surface area contributed by atoms with Gasteiger partial charge in [-0.2, -0.15) is 0 Å². The number of esters is 1. The van der Waals surface area contributed by atoms with Crippen LogP contribution in [0.15, 0.2) is 30.3 Å². The van der Waals surface area contributed by atoms with Crippen molar-refractivity contribution in [3.8, 4) is 0 Å². The fraction of sp³-hybridized carbons (Fsp3) is 0.273. The zero-order chi connectivity index (χ0) is 11.3. The summed E-state index contributed by atoms with van der Waals surface area (Å²) in [5, 5.41) is -0.523. The Labute approximate surface area is 93.0 Å². The van der Waals surface area contributed by atoms with Gasteiger partial charge in [0.2, 0.25) is 5.24 Å². The van der Waals surface area contributed by atoms with Crippen molar-refractivity contribution in [1.29, 1.82) is 0 Å². The summed E-state index contributed by atoms with van der Waals surface area (Å²) in [7, 11) is 0. The normalized spacial score (nSPS) is 11.9. The van der Waals surface area contributed by atoms with Gasteiger partial charge in [-0.05, 0) is 17.2 Å². The molecule has 0 spiro atoms. The topological polar surface area (TPSA) is 43.4 Å². The summed E-state index contributed by atoms with van der Waals surface area (Å²) >= 11 is 5.28. The molecule has 0 aliphatic carbocycles. The van der Waals surface area contributed by atoms with Crippen molar-refractivity contribution < 1.29 is 14.3 Å². The number of rotatable bonds is 4. The van der Waals surface area contributed by atoms with E-state index in [0.717, 1.165) is 5.56 Å². The van der Waals surface area contributed by atoms with E-state index in [1.54, 1.807) is 12.1 Å². The molecule has 1 atom stereocenters. The Balaban J connectivity index is 2.81. The highest BCUT2D eigenvalue weighted by Gasteiger charge is 2.17. The van der Waals surface area contributed by atoms with Crippen LogP contribution in [0, 0.1) is 0 Å². The number of hydrogen-bond donors (Lipinski definition) is 0. The highest BCUT2D eigenvalue weighted by molar-refractivity contribution is 6.63. The van der Waals surface area contributed by atoms with Crippen LogP contribution < -0.4 is 0 Å². The standard InChI is InChI=1S/C11H11ClO3/c1-8(13)15-10(7-11(12)14)9-5-3-2-4-6-9/h2-6,10H,7H2,1H3. The molecule has 0 amide bonds. The third kappa shape index (κ3) is 4.13. The summed E-state index contributed by atoms with van der Waals surface area (Å²) < 4.78 is 5.00. The van der Waals surface area contributed by atoms with Crippen LogP contribution in [-0.2, 0) is 14.3 Å². The van der Waals surface area contributed by atoms with Gasteiger partial charge in [-0.15, -0.1) is 0 Å². The van der Waals surface area contributed by atoms with Crippen molar-refractivity contribution in [3.63, 3.8) is 0 Å². The van der Waals surface area contributed by atoms with Crippen molar-refractivity contribution in [3.05, 3.63) is 35.9 Å². The van der Waals surface area contributed by atoms with E-state index in [1.165, 1.54) is 6.92 Å². The molecule has 80 valence electrons. The molecule has 0 fully saturated rings. The summed E-state index contributed by atoms with van der Waals surface area (Å²) in [6.45, 7) is 1.30. The second-order valence-corrected chi connectivity index (χ2v) is 3.49. The van der Waals surface area contributed by atoms with Crippen LogP contribution >= 0.6 is 11.6 Å². The van der Waals surface area contributed by atoms with Crippen LogP contribution in [0.5, 0.6) is 0 Å². The lowest BCUT2D eigenvalue weighted by atomic mass is 10.1. The molecule has 0 bridgehead atoms. The van der Waals surface area contributed by atoms with Gasteiger partial charge in [-0.1, -0.05) is 30.3 Å². The monoisotopic (exact) mass is 226 g/mol. The predicted molar refractivity (Wildman–Crippen MR) is 56.4 cm³/mol. The molecule has 1 aromatic carbocycles. The molecule has 0 aromatic heterocycles. The maximum atomic E-state index is 10.8. The van der Waals surface area contributed by atoms with E-state index >= 15 is 0 Å². The van der Waals surface area contributed by atoms with Gasteiger partial charge in [0, 0.05) is 6.92 Å². The highest BCUT2D eigenvalue weighted by Crippen LogP contribution is 2.22. The Morgan fingerprint density at radius 2 is 1.93 bits per heavy atom. The number of carbonyl (C=O) groups is 2. The van der Waals surface area contributed by atoms with Crippen LogP contribution in [0.1, 0.15) is 25.0 Å². The van der Waals surface area contributed by atoms with Gasteiger partial charge in [0.1, 0.15) is 6.10 Å². The molecule has 0 saturated heterocycles. The molecule has 0 aliphatic rings. The van der Waals surface area contributed by atoms with Crippen molar-refractivity contribution in [2.24, 2.45) is 0 Å². The Hall–Kier alpha value is -1.35. The SMILES string of the molecule is CC(=O)OC(CC(=O)Cl)c1ccccc1. The average molecular weight is 227 g/mol. The van der Waals surface area contributed by atoms with Crippen LogP contribution in [-0.4, -0.2) is 11.2 Å². The summed E-state index contributed by atoms with van der Waals surface area (Å²) in [6.07, 6.45) is -0.598. The van der Waals surface area contributed by atoms with Gasteiger partial charge in [0.25, 0.3) is 0 Å². The molecule has 1 rings (SSSR count). The van der Waals surface area contributed by atoms with E-state index in [1.807, 2.05) is 18.2 Å². The van der Waals surface area contributed by atoms with Crippen molar-refractivity contribution >= 4 is 22.8 Å². The Bertz CT molecular complexity index is 332. The fourth-order valence-corrected chi connectivity index (χ4v) is 1.38. The molecule has 0 N–H and O–H groups in total. The first-order valence-electron chi connectivity index (χ1n) is 4.50. The Morgan fingerprint density at radius 3 is 2.40 bits per heavy atom. The van der Waals surface area contributed by atoms with Crippen LogP contribution in [0.4, 0.5) is 0 Å². The number of hydrogen-bond acceptors (Lipinski definition) is 3. The van der Waals surface area contributed by atoms with Crippen molar-refractivity contribution in [2.75, 3.05) is 0 Å². The highest BCUT2D eigenvalue weighted by atomic mass is 35.5. The first kappa shape index (κ1) is 11.7. The maximum absolute atomic E-state index is 10.8. The van der Waals surface area contributed by atoms with Crippen LogP contribution in [0.25, 0.3) is 0 Å². The van der Waals surface area contributed by atoms with E-state index in [9.17, 15) is 9.59 Å². The van der Waals surface area contributed by atoms with Gasteiger partial charge >= 0.3 is 5.97 Å². The first-order valence-corrected chi connectivity index (χ1v) is 4.88. The Morgan fingerprint density at radius 1 is 1.33 bits per heavy atom. The predicted octanol–water partition coefficient (Wildman–Crippen LogP) is 2.45. The maximum Gasteiger partial charge on any atom is 0.303 e. The first-order chi connectivity index (χ1) is 7.09. The van der Waals surface area contributed by atoms with Crippen molar-refractivity contribution in [2.45, 2.75) is 19.4 Å². The van der Waals surface area contributed by atoms with Gasteiger partial charge < -0.3 is 4.74 Å². The summed E-state index contributed by atoms with van der Waals surface area (Å²) in [4.78, 5) is 21.6. The van der Waals surface area contributed by atoms with Gasteiger partial charge in [0.15, 0.2) is 0 Å². The van der Waals surface area contributed by atoms with E-state index in [4.69, 9.17) is 16.3 Å². The second-order valence-electron chi connectivity index (χ2n) is 3.07. The third-order valence-electron chi connectivity index (χ3n) is 1.83. The van der Waals surface area contributed by atoms with E-state index in [0.29, 0.717) is 0 Å². The lowest BCUT2D eigenvalue weighted by Gasteiger charge is -2.15. The van der Waals surface area contributed by atoms with Gasteiger partial charge in [-0.25, -0.2) is 0 Å². The Kier molecular flexibility index (Phi) is 4.31. The molecule has 0 aliphatic heterocycles. The minimum Gasteiger partial charge on any atom is -0.457 e. The molecule has 0 saturated carbocycles. The summed E-state index contributed by atoms with van der Waals surface area (Å²) in [6, 6.07) is 9.03. The third-order valence-corrected chi connectivity index (χ3v) is 1.98. The second kappa shape index (κ2) is 5.51. The van der Waals surface area contributed by atoms with Crippen LogP contribution in [0.3, 0.4) is 0 Å². The van der Waals surface area contributed by atoms with Crippen molar-refractivity contribution in [1.82, 2.24) is 0 Å². The lowest BCUT2D eigenvalue weighted by Crippen LogP contribution is -2.10. The summed E-state index contributed by atoms with van der Waals surface area (Å²) in [5.41, 5.74) is 0.765. The minimum atomic E-state index is -0.589. The molecule has 1 unspecified atom stereocenters. The largest absolute Gasteiger partial charge is 0.457 e. The summed E-state index contributed by atoms with van der Waals surface area (Å²) in [5.74, 6) is -0.429. The number of halogens is 1. The fourth-order valence-electron chi connectivity index (χ4n) is 1.24. The number of carbonyl (C=O) groups excluding carboxylic acids is 2. The average Bonchev–Trinajstić information content (AvgIpc) is 2.17. The van der Waals surface area contributed by atoms with E-state index < -0.39 is 17.3 Å². The zero-order valence-corrected chi connectivity index (χ0v) is 9.03. The van der Waals surface area contributed by atoms with E-state index in [-0.39, 0.29) is 6.42 Å². The molecule has 0 heterocycles. The molecule has 4 heteroatoms. The van der Waals surface area contributed by atoms with E-state index in [2.05, 4.69) is 0 Å². The smallest absolute Gasteiger partial charge is 0.303 e. The molecule has 0 radical (unpaired) electrons. The number of ether oxygens (including phenoxy) is 1. The molecule has 3 nitrogen and oxygen atoms in total. The molecular formula is C11H11ClO3. The minimum absolute atomic E-state index is 0.00878. The van der Waals surface area contributed by atoms with Gasteiger partial charge in [-0.3, -0.25) is 9.59 Å². The zero-order valence-electron chi connectivity index (χ0n) is 8.27. The lowest BCUT2D eigenvalue weighted by molar-refractivity contribution is -0.147. The quantitative estimate of drug-likeness (QED) is 0.585. The molecule has 1 aromatic rings. The molecule has 15 heavy (non-hydrogen) atoms. The number of benzene rings is 1. The molecular weight excluding hydrogens is 216 g/mol. The van der Waals surface area contributed by atoms with Crippen LogP contribution in [0.2, 0.25) is 0 Å².